The third-order valence-corrected chi connectivity index (χ3v) is 4.59. The zero-order valence-corrected chi connectivity index (χ0v) is 13.5. The van der Waals surface area contributed by atoms with Crippen LogP contribution in [-0.2, 0) is 6.54 Å². The number of halogens is 1. The van der Waals surface area contributed by atoms with Crippen LogP contribution in [0, 0.1) is 12.8 Å². The van der Waals surface area contributed by atoms with E-state index in [0.29, 0.717) is 12.6 Å². The fourth-order valence-corrected chi connectivity index (χ4v) is 3.63. The maximum atomic E-state index is 6.29. The van der Waals surface area contributed by atoms with Gasteiger partial charge < -0.3 is 10.5 Å². The Hall–Kier alpha value is -0.540. The number of ether oxygens (including phenoxy) is 1. The topological polar surface area (TPSA) is 35.2 Å². The Morgan fingerprint density at radius 1 is 1.37 bits per heavy atom. The van der Waals surface area contributed by atoms with Gasteiger partial charge in [-0.3, -0.25) is 0 Å². The van der Waals surface area contributed by atoms with E-state index >= 15 is 0 Å². The first-order valence-corrected chi connectivity index (χ1v) is 8.09. The van der Waals surface area contributed by atoms with E-state index in [4.69, 9.17) is 10.5 Å². The molecule has 0 bridgehead atoms. The maximum Gasteiger partial charge on any atom is 0.127 e. The molecule has 0 saturated heterocycles. The highest BCUT2D eigenvalue weighted by Crippen LogP contribution is 2.33. The zero-order valence-electron chi connectivity index (χ0n) is 11.9. The average Bonchev–Trinajstić information content (AvgIpc) is 2.41. The minimum atomic E-state index is 0.365. The highest BCUT2D eigenvalue weighted by atomic mass is 79.9. The van der Waals surface area contributed by atoms with E-state index in [2.05, 4.69) is 41.9 Å². The second-order valence-corrected chi connectivity index (χ2v) is 6.51. The van der Waals surface area contributed by atoms with Gasteiger partial charge in [-0.1, -0.05) is 35.7 Å². The molecule has 1 aromatic carbocycles. The van der Waals surface area contributed by atoms with Gasteiger partial charge in [0.2, 0.25) is 0 Å². The molecule has 1 aromatic rings. The lowest BCUT2D eigenvalue weighted by Crippen LogP contribution is -2.26. The molecule has 2 rings (SSSR count). The fourth-order valence-electron chi connectivity index (χ4n) is 3.01. The van der Waals surface area contributed by atoms with Crippen LogP contribution in [0.15, 0.2) is 16.6 Å². The Morgan fingerprint density at radius 2 is 2.16 bits per heavy atom. The molecule has 1 saturated carbocycles. The van der Waals surface area contributed by atoms with Crippen LogP contribution in [0.25, 0.3) is 0 Å². The Kier molecular flexibility index (Phi) is 5.28. The molecule has 2 N–H and O–H groups in total. The smallest absolute Gasteiger partial charge is 0.127 e. The number of benzene rings is 1. The van der Waals surface area contributed by atoms with Crippen LogP contribution < -0.4 is 10.5 Å². The lowest BCUT2D eigenvalue weighted by atomic mass is 9.85. The SMILES string of the molecule is CCC1CCCC(Oc2c(C)cc(Br)cc2CN)C1. The summed E-state index contributed by atoms with van der Waals surface area (Å²) in [5, 5.41) is 0. The van der Waals surface area contributed by atoms with Crippen molar-refractivity contribution in [2.45, 2.75) is 58.6 Å². The third kappa shape index (κ3) is 3.73. The van der Waals surface area contributed by atoms with Gasteiger partial charge in [0.15, 0.2) is 0 Å². The van der Waals surface area contributed by atoms with Gasteiger partial charge in [-0.2, -0.15) is 0 Å². The van der Waals surface area contributed by atoms with E-state index in [1.54, 1.807) is 0 Å². The molecule has 1 fully saturated rings. The van der Waals surface area contributed by atoms with Crippen molar-refractivity contribution in [3.63, 3.8) is 0 Å². The second-order valence-electron chi connectivity index (χ2n) is 5.60. The molecule has 3 heteroatoms. The molecule has 2 atom stereocenters. The van der Waals surface area contributed by atoms with Gasteiger partial charge >= 0.3 is 0 Å². The summed E-state index contributed by atoms with van der Waals surface area (Å²) >= 11 is 3.52. The van der Waals surface area contributed by atoms with Gasteiger partial charge in [-0.25, -0.2) is 0 Å². The summed E-state index contributed by atoms with van der Waals surface area (Å²) in [5.41, 5.74) is 8.12. The Morgan fingerprint density at radius 3 is 2.84 bits per heavy atom. The largest absolute Gasteiger partial charge is 0.490 e. The summed E-state index contributed by atoms with van der Waals surface area (Å²) in [6, 6.07) is 4.18. The van der Waals surface area contributed by atoms with E-state index in [9.17, 15) is 0 Å². The monoisotopic (exact) mass is 325 g/mol. The highest BCUT2D eigenvalue weighted by molar-refractivity contribution is 9.10. The number of hydrogen-bond donors (Lipinski definition) is 1. The molecule has 0 aliphatic heterocycles. The molecule has 0 aromatic heterocycles. The molecule has 0 spiro atoms. The van der Waals surface area contributed by atoms with Crippen LogP contribution in [0.2, 0.25) is 0 Å². The number of aryl methyl sites for hydroxylation is 1. The van der Waals surface area contributed by atoms with E-state index in [0.717, 1.165) is 21.7 Å². The minimum absolute atomic E-state index is 0.365. The molecular formula is C16H24BrNO. The van der Waals surface area contributed by atoms with Crippen LogP contribution in [-0.4, -0.2) is 6.10 Å². The van der Waals surface area contributed by atoms with E-state index in [1.807, 2.05) is 0 Å². The van der Waals surface area contributed by atoms with Crippen molar-refractivity contribution < 1.29 is 4.74 Å². The first kappa shape index (κ1) is 14.9. The second kappa shape index (κ2) is 6.76. The predicted octanol–water partition coefficient (Wildman–Crippen LogP) is 4.56. The average molecular weight is 326 g/mol. The van der Waals surface area contributed by atoms with Crippen molar-refractivity contribution in [1.82, 2.24) is 0 Å². The van der Waals surface area contributed by atoms with Crippen LogP contribution in [0.1, 0.15) is 50.2 Å². The zero-order chi connectivity index (χ0) is 13.8. The molecule has 0 heterocycles. The van der Waals surface area contributed by atoms with Gasteiger partial charge in [0.25, 0.3) is 0 Å². The molecule has 19 heavy (non-hydrogen) atoms. The summed E-state index contributed by atoms with van der Waals surface area (Å²) in [6.07, 6.45) is 6.65. The maximum absolute atomic E-state index is 6.29. The minimum Gasteiger partial charge on any atom is -0.490 e. The lowest BCUT2D eigenvalue weighted by molar-refractivity contribution is 0.120. The van der Waals surface area contributed by atoms with Crippen molar-refractivity contribution in [3.05, 3.63) is 27.7 Å². The summed E-state index contributed by atoms with van der Waals surface area (Å²) in [7, 11) is 0. The molecular weight excluding hydrogens is 302 g/mol. The molecule has 2 nitrogen and oxygen atoms in total. The van der Waals surface area contributed by atoms with Crippen molar-refractivity contribution in [1.29, 1.82) is 0 Å². The molecule has 0 amide bonds. The fraction of sp³-hybridized carbons (Fsp3) is 0.625. The summed E-state index contributed by atoms with van der Waals surface area (Å²) in [4.78, 5) is 0. The van der Waals surface area contributed by atoms with Gasteiger partial charge in [-0.15, -0.1) is 0 Å². The number of hydrogen-bond acceptors (Lipinski definition) is 2. The first-order chi connectivity index (χ1) is 9.13. The normalized spacial score (nSPS) is 23.4. The Bertz CT molecular complexity index is 433. The molecule has 2 unspecified atom stereocenters. The van der Waals surface area contributed by atoms with Crippen molar-refractivity contribution in [2.24, 2.45) is 11.7 Å². The molecule has 106 valence electrons. The van der Waals surface area contributed by atoms with E-state index < -0.39 is 0 Å². The van der Waals surface area contributed by atoms with Gasteiger partial charge in [0, 0.05) is 16.6 Å². The van der Waals surface area contributed by atoms with E-state index in [1.165, 1.54) is 37.7 Å². The standard InChI is InChI=1S/C16H24BrNO/c1-3-12-5-4-6-15(8-12)19-16-11(2)7-14(17)9-13(16)10-18/h7,9,12,15H,3-6,8,10,18H2,1-2H3. The van der Waals surface area contributed by atoms with Crippen LogP contribution >= 0.6 is 15.9 Å². The Labute approximate surface area is 124 Å². The van der Waals surface area contributed by atoms with Gasteiger partial charge in [0.1, 0.15) is 5.75 Å². The quantitative estimate of drug-likeness (QED) is 0.880. The summed E-state index contributed by atoms with van der Waals surface area (Å²) in [6.45, 7) is 4.90. The van der Waals surface area contributed by atoms with E-state index in [-0.39, 0.29) is 0 Å². The van der Waals surface area contributed by atoms with Gasteiger partial charge in [0.05, 0.1) is 6.10 Å². The molecule has 1 aliphatic carbocycles. The van der Waals surface area contributed by atoms with Crippen LogP contribution in [0.3, 0.4) is 0 Å². The van der Waals surface area contributed by atoms with Crippen LogP contribution in [0.4, 0.5) is 0 Å². The lowest BCUT2D eigenvalue weighted by Gasteiger charge is -2.30. The number of rotatable bonds is 4. The summed E-state index contributed by atoms with van der Waals surface area (Å²) in [5.74, 6) is 1.84. The van der Waals surface area contributed by atoms with Crippen LogP contribution in [0.5, 0.6) is 5.75 Å². The third-order valence-electron chi connectivity index (χ3n) is 4.13. The summed E-state index contributed by atoms with van der Waals surface area (Å²) < 4.78 is 7.37. The Balaban J connectivity index is 2.14. The van der Waals surface area contributed by atoms with Gasteiger partial charge in [-0.05, 0) is 49.8 Å². The van der Waals surface area contributed by atoms with Crippen molar-refractivity contribution in [2.75, 3.05) is 0 Å². The molecule has 1 aliphatic rings. The predicted molar refractivity (Wildman–Crippen MR) is 83.4 cm³/mol. The van der Waals surface area contributed by atoms with Crippen molar-refractivity contribution in [3.8, 4) is 5.75 Å². The van der Waals surface area contributed by atoms with Crippen molar-refractivity contribution >= 4 is 15.9 Å². The molecule has 0 radical (unpaired) electrons. The first-order valence-electron chi connectivity index (χ1n) is 7.29. The number of nitrogens with two attached hydrogens (primary N) is 1. The highest BCUT2D eigenvalue weighted by Gasteiger charge is 2.23.